The second-order valence-corrected chi connectivity index (χ2v) is 3.97. The summed E-state index contributed by atoms with van der Waals surface area (Å²) in [4.78, 5) is 10.2. The summed E-state index contributed by atoms with van der Waals surface area (Å²) in [6.45, 7) is 2.23. The third kappa shape index (κ3) is 27.3. The van der Waals surface area contributed by atoms with Crippen molar-refractivity contribution >= 4 is 54.9 Å². The fourth-order valence-corrected chi connectivity index (χ4v) is 1.59. The number of carbonyl (C=O) groups is 1. The molecule has 0 aromatic rings. The van der Waals surface area contributed by atoms with Crippen LogP contribution in [-0.2, 0) is 38.4 Å². The van der Waals surface area contributed by atoms with Gasteiger partial charge in [0.05, 0.1) is 0 Å². The third-order valence-electron chi connectivity index (χ3n) is 2.49. The maximum Gasteiger partial charge on any atom is 2.00 e. The van der Waals surface area contributed by atoms with Gasteiger partial charge in [-0.1, -0.05) is 58.3 Å². The van der Waals surface area contributed by atoms with E-state index in [1.807, 2.05) is 0 Å². The molecule has 5 heteroatoms. The van der Waals surface area contributed by atoms with Crippen molar-refractivity contribution in [3.05, 3.63) is 0 Å². The van der Waals surface area contributed by atoms with Crippen LogP contribution in [0.15, 0.2) is 0 Å². The quantitative estimate of drug-likeness (QED) is 0.396. The zero-order valence-corrected chi connectivity index (χ0v) is 17.1. The Bertz CT molecular complexity index is 158. The smallest absolute Gasteiger partial charge is 1.00 e. The Labute approximate surface area is 170 Å². The van der Waals surface area contributed by atoms with Crippen molar-refractivity contribution in [2.45, 2.75) is 71.1 Å². The van der Waals surface area contributed by atoms with Crippen LogP contribution in [0.3, 0.4) is 0 Å². The molecule has 0 aliphatic rings. The standard InChI is InChI=1S/C12H24O2.Ba.Cu.Ni.2H/c1-2-3-4-5-6-7-8-9-10-11-12(13)14;;;;;/h2-11H2,1H3,(H,13,14);;;;;/q;+2;;;2*-1. The monoisotopic (exact) mass is 461 g/mol. The predicted molar refractivity (Wildman–Crippen MR) is 67.5 cm³/mol. The Balaban J connectivity index is -0.0000000845. The summed E-state index contributed by atoms with van der Waals surface area (Å²) in [5.74, 6) is -0.659. The van der Waals surface area contributed by atoms with Crippen LogP contribution in [0.5, 0.6) is 0 Å². The Morgan fingerprint density at radius 1 is 0.941 bits per heavy atom. The van der Waals surface area contributed by atoms with Gasteiger partial charge in [-0.3, -0.25) is 4.79 Å². The normalized spacial score (nSPS) is 8.53. The fraction of sp³-hybridized carbons (Fsp3) is 0.917. The van der Waals surface area contributed by atoms with Gasteiger partial charge in [0.1, 0.15) is 0 Å². The minimum absolute atomic E-state index is 0. The molecule has 2 nitrogen and oxygen atoms in total. The largest absolute Gasteiger partial charge is 2.00 e. The van der Waals surface area contributed by atoms with Gasteiger partial charge in [0.2, 0.25) is 0 Å². The van der Waals surface area contributed by atoms with Crippen LogP contribution in [0.1, 0.15) is 74.0 Å². The molecule has 0 aliphatic heterocycles. The van der Waals surface area contributed by atoms with Crippen molar-refractivity contribution in [1.82, 2.24) is 0 Å². The molecule has 0 rings (SSSR count). The molecule has 0 spiro atoms. The first kappa shape index (κ1) is 27.4. The van der Waals surface area contributed by atoms with Crippen molar-refractivity contribution in [1.29, 1.82) is 0 Å². The first-order valence-electron chi connectivity index (χ1n) is 5.99. The average molecular weight is 462 g/mol. The van der Waals surface area contributed by atoms with Crippen molar-refractivity contribution < 1.29 is 46.3 Å². The van der Waals surface area contributed by atoms with Gasteiger partial charge in [0.15, 0.2) is 0 Å². The molecule has 0 atom stereocenters. The first-order chi connectivity index (χ1) is 6.77. The van der Waals surface area contributed by atoms with Crippen LogP contribution in [0.25, 0.3) is 0 Å². The number of unbranched alkanes of at least 4 members (excludes halogenated alkanes) is 8. The summed E-state index contributed by atoms with van der Waals surface area (Å²) in [6.07, 6.45) is 11.5. The zero-order valence-electron chi connectivity index (χ0n) is 12.8. The molecule has 1 N–H and O–H groups in total. The van der Waals surface area contributed by atoms with E-state index in [9.17, 15) is 4.79 Å². The summed E-state index contributed by atoms with van der Waals surface area (Å²) < 4.78 is 0. The second-order valence-electron chi connectivity index (χ2n) is 3.97. The topological polar surface area (TPSA) is 37.3 Å². The number of rotatable bonds is 10. The molecular weight excluding hydrogens is 436 g/mol. The van der Waals surface area contributed by atoms with Crippen LogP contribution >= 0.6 is 0 Å². The van der Waals surface area contributed by atoms with Gasteiger partial charge in [-0.15, -0.1) is 0 Å². The van der Waals surface area contributed by atoms with E-state index in [0.29, 0.717) is 6.42 Å². The number of hydrogen-bond donors (Lipinski definition) is 1. The second kappa shape index (κ2) is 23.2. The van der Waals surface area contributed by atoms with Crippen molar-refractivity contribution in [2.24, 2.45) is 0 Å². The maximum atomic E-state index is 10.2. The summed E-state index contributed by atoms with van der Waals surface area (Å²) >= 11 is 0. The van der Waals surface area contributed by atoms with Gasteiger partial charge >= 0.3 is 54.9 Å². The fourth-order valence-electron chi connectivity index (χ4n) is 1.59. The average Bonchev–Trinajstić information content (AvgIpc) is 2.15. The number of aliphatic carboxylic acids is 1. The molecule has 0 bridgehead atoms. The molecule has 0 saturated carbocycles. The minimum Gasteiger partial charge on any atom is -1.00 e. The summed E-state index contributed by atoms with van der Waals surface area (Å²) in [5, 5.41) is 8.41. The van der Waals surface area contributed by atoms with Crippen LogP contribution in [0.2, 0.25) is 0 Å². The van der Waals surface area contributed by atoms with Gasteiger partial charge < -0.3 is 7.96 Å². The Kier molecular flexibility index (Phi) is 37.4. The zero-order chi connectivity index (χ0) is 10.6. The van der Waals surface area contributed by atoms with E-state index >= 15 is 0 Å². The molecule has 17 heavy (non-hydrogen) atoms. The molecule has 0 fully saturated rings. The SMILES string of the molecule is CCCCCCCCCCCC(=O)O.[Ba+2].[Cu].[H-].[H-].[Ni]. The third-order valence-corrected chi connectivity index (χ3v) is 2.49. The number of carboxylic acid groups (broad SMARTS) is 1. The molecule has 0 aromatic heterocycles. The van der Waals surface area contributed by atoms with E-state index in [4.69, 9.17) is 5.11 Å². The molecule has 1 radical (unpaired) electrons. The summed E-state index contributed by atoms with van der Waals surface area (Å²) in [6, 6.07) is 0. The van der Waals surface area contributed by atoms with Crippen LogP contribution in [-0.4, -0.2) is 60.0 Å². The number of carboxylic acids is 1. The molecule has 0 heterocycles. The summed E-state index contributed by atoms with van der Waals surface area (Å²) in [5.41, 5.74) is 0. The Hall–Kier alpha value is 2.05. The van der Waals surface area contributed by atoms with E-state index in [-0.39, 0.29) is 85.3 Å². The Morgan fingerprint density at radius 3 is 1.65 bits per heavy atom. The van der Waals surface area contributed by atoms with Crippen LogP contribution in [0.4, 0.5) is 0 Å². The molecule has 109 valence electrons. The first-order valence-corrected chi connectivity index (χ1v) is 5.99. The van der Waals surface area contributed by atoms with Crippen molar-refractivity contribution in [3.8, 4) is 0 Å². The molecular formula is C12H26BaCuNiO2. The van der Waals surface area contributed by atoms with Crippen LogP contribution in [0, 0.1) is 0 Å². The van der Waals surface area contributed by atoms with Gasteiger partial charge in [-0.25, -0.2) is 0 Å². The maximum absolute atomic E-state index is 10.2. The molecule has 0 aromatic carbocycles. The minimum atomic E-state index is -0.659. The van der Waals surface area contributed by atoms with E-state index in [1.54, 1.807) is 0 Å². The predicted octanol–water partition coefficient (Wildman–Crippen LogP) is 3.83. The van der Waals surface area contributed by atoms with E-state index in [1.165, 1.54) is 44.9 Å². The van der Waals surface area contributed by atoms with E-state index in [0.717, 1.165) is 12.8 Å². The molecule has 0 saturated heterocycles. The summed E-state index contributed by atoms with van der Waals surface area (Å²) in [7, 11) is 0. The van der Waals surface area contributed by atoms with Crippen molar-refractivity contribution in [3.63, 3.8) is 0 Å². The number of hydrogen-bond acceptors (Lipinski definition) is 1. The van der Waals surface area contributed by atoms with Crippen LogP contribution < -0.4 is 0 Å². The van der Waals surface area contributed by atoms with E-state index < -0.39 is 5.97 Å². The van der Waals surface area contributed by atoms with Gasteiger partial charge in [0, 0.05) is 40.0 Å². The van der Waals surface area contributed by atoms with Gasteiger partial charge in [0.25, 0.3) is 0 Å². The Morgan fingerprint density at radius 2 is 1.29 bits per heavy atom. The molecule has 0 amide bonds. The van der Waals surface area contributed by atoms with Gasteiger partial charge in [-0.2, -0.15) is 0 Å². The molecule has 0 unspecified atom stereocenters. The van der Waals surface area contributed by atoms with E-state index in [2.05, 4.69) is 6.92 Å². The van der Waals surface area contributed by atoms with Gasteiger partial charge in [-0.05, 0) is 6.42 Å². The molecule has 0 aliphatic carbocycles. The van der Waals surface area contributed by atoms with Crippen molar-refractivity contribution in [2.75, 3.05) is 0 Å².